The second kappa shape index (κ2) is 17.4. The number of nitrogens with zero attached hydrogens (tertiary/aromatic N) is 6. The van der Waals surface area contributed by atoms with E-state index in [9.17, 15) is 28.4 Å². The van der Waals surface area contributed by atoms with Gasteiger partial charge in [0.1, 0.15) is 18.0 Å². The molecule has 2 aliphatic rings. The maximum absolute atomic E-state index is 15.2. The molecule has 314 valence electrons. The van der Waals surface area contributed by atoms with Crippen LogP contribution in [0.15, 0.2) is 90.1 Å². The summed E-state index contributed by atoms with van der Waals surface area (Å²) in [7, 11) is 1.58. The molecule has 0 aliphatic carbocycles. The molecule has 16 heteroatoms. The number of imide groups is 1. The van der Waals surface area contributed by atoms with Crippen LogP contribution in [0.3, 0.4) is 0 Å². The van der Waals surface area contributed by atoms with E-state index < -0.39 is 23.5 Å². The van der Waals surface area contributed by atoms with Crippen LogP contribution in [0.25, 0.3) is 27.8 Å². The van der Waals surface area contributed by atoms with Crippen molar-refractivity contribution in [2.75, 3.05) is 31.5 Å². The molecule has 2 aliphatic heterocycles. The minimum Gasteiger partial charge on any atom is -0.352 e. The van der Waals surface area contributed by atoms with Crippen LogP contribution >= 0.6 is 0 Å². The van der Waals surface area contributed by atoms with Crippen molar-refractivity contribution in [2.24, 2.45) is 7.05 Å². The fraction of sp³-hybridized carbons (Fsp3) is 0.311. The van der Waals surface area contributed by atoms with Crippen molar-refractivity contribution in [3.8, 4) is 16.9 Å². The number of hydrogen-bond acceptors (Lipinski definition) is 8. The molecular weight excluding hydrogens is 785 g/mol. The Kier molecular flexibility index (Phi) is 11.7. The van der Waals surface area contributed by atoms with Crippen LogP contribution in [0, 0.1) is 11.6 Å². The molecule has 3 aromatic carbocycles. The van der Waals surface area contributed by atoms with E-state index in [0.717, 1.165) is 48.6 Å². The third kappa shape index (κ3) is 8.48. The second-order valence-corrected chi connectivity index (χ2v) is 15.5. The molecule has 0 spiro atoms. The third-order valence-corrected chi connectivity index (χ3v) is 11.7. The first-order chi connectivity index (χ1) is 29.5. The van der Waals surface area contributed by atoms with Crippen LogP contribution in [0.4, 0.5) is 14.5 Å². The number of carbonyl (C=O) groups excluding carboxylic acids is 4. The lowest BCUT2D eigenvalue weighted by molar-refractivity contribution is -0.134. The van der Waals surface area contributed by atoms with Crippen molar-refractivity contribution in [1.82, 2.24) is 39.4 Å². The molecule has 14 nitrogen and oxygen atoms in total. The van der Waals surface area contributed by atoms with Crippen molar-refractivity contribution < 1.29 is 28.0 Å². The Morgan fingerprint density at radius 1 is 0.902 bits per heavy atom. The van der Waals surface area contributed by atoms with Crippen LogP contribution in [0.5, 0.6) is 0 Å². The number of hydrogen-bond donors (Lipinski definition) is 3. The van der Waals surface area contributed by atoms with E-state index in [4.69, 9.17) is 0 Å². The van der Waals surface area contributed by atoms with Crippen LogP contribution in [-0.2, 0) is 23.2 Å². The van der Waals surface area contributed by atoms with Gasteiger partial charge in [-0.25, -0.2) is 27.8 Å². The topological polar surface area (TPSA) is 165 Å². The molecule has 0 bridgehead atoms. The number of anilines is 1. The Labute approximate surface area is 349 Å². The predicted octanol–water partition coefficient (Wildman–Crippen LogP) is 5.66. The van der Waals surface area contributed by atoms with Gasteiger partial charge in [-0.15, -0.1) is 0 Å². The number of pyridine rings is 1. The van der Waals surface area contributed by atoms with Crippen LogP contribution in [0.1, 0.15) is 82.8 Å². The Bertz CT molecular complexity index is 2720. The number of rotatable bonds is 12. The van der Waals surface area contributed by atoms with Gasteiger partial charge in [0.15, 0.2) is 5.69 Å². The molecule has 5 heterocycles. The molecule has 8 rings (SSSR count). The zero-order valence-corrected chi connectivity index (χ0v) is 33.8. The van der Waals surface area contributed by atoms with Gasteiger partial charge in [-0.1, -0.05) is 24.3 Å². The van der Waals surface area contributed by atoms with E-state index in [1.165, 1.54) is 33.8 Å². The summed E-state index contributed by atoms with van der Waals surface area (Å²) in [6.45, 7) is 4.99. The number of halogens is 2. The van der Waals surface area contributed by atoms with E-state index in [-0.39, 0.29) is 52.6 Å². The van der Waals surface area contributed by atoms with E-state index in [1.807, 2.05) is 47.9 Å². The first-order valence-corrected chi connectivity index (χ1v) is 20.4. The highest BCUT2D eigenvalue weighted by Gasteiger charge is 2.30. The van der Waals surface area contributed by atoms with E-state index in [1.54, 1.807) is 25.4 Å². The number of benzene rings is 3. The summed E-state index contributed by atoms with van der Waals surface area (Å²) < 4.78 is 34.9. The van der Waals surface area contributed by atoms with Gasteiger partial charge in [0.25, 0.3) is 11.8 Å². The summed E-state index contributed by atoms with van der Waals surface area (Å²) in [5.41, 5.74) is 4.13. The molecule has 4 amide bonds. The zero-order chi connectivity index (χ0) is 42.8. The fourth-order valence-electron chi connectivity index (χ4n) is 8.44. The quantitative estimate of drug-likeness (QED) is 0.105. The maximum Gasteiger partial charge on any atom is 0.350 e. The molecule has 61 heavy (non-hydrogen) atoms. The summed E-state index contributed by atoms with van der Waals surface area (Å²) in [5, 5.41) is 12.7. The molecule has 0 radical (unpaired) electrons. The SMILES string of the molecule is CCn1c(-c2ccc(-n3cnn(C)c3=O)cc2)cc2ccnc(C(=O)Nc3ccc(F)c(C(=O)NCCCN4CCC(c5ccc(C6CCC(=O)NC6=O)cc5F)CC4)c3)c21. The van der Waals surface area contributed by atoms with Crippen LogP contribution in [-0.4, -0.2) is 78.6 Å². The Balaban J connectivity index is 0.853. The molecule has 3 aromatic heterocycles. The highest BCUT2D eigenvalue weighted by atomic mass is 19.1. The first-order valence-electron chi connectivity index (χ1n) is 20.4. The van der Waals surface area contributed by atoms with Crippen molar-refractivity contribution in [2.45, 2.75) is 57.4 Å². The number of likely N-dealkylation sites (tertiary alicyclic amines) is 1. The molecule has 1 atom stereocenters. The van der Waals surface area contributed by atoms with Crippen molar-refractivity contribution in [3.05, 3.63) is 130 Å². The molecular formula is C45H45F2N9O5. The highest BCUT2D eigenvalue weighted by molar-refractivity contribution is 6.11. The molecule has 3 N–H and O–H groups in total. The summed E-state index contributed by atoms with van der Waals surface area (Å²) in [4.78, 5) is 69.7. The standard InChI is InChI=1S/C45H45F2N9O5/c1-3-55-38(28-5-9-32(10-6-28)56-26-50-53(2)45(56)61)24-30-15-19-48-40(41(30)55)44(60)51-31-8-13-36(46)35(25-31)42(58)49-18-4-20-54-21-16-27(17-22-54)33-11-7-29(23-37(33)47)34-12-14-39(57)52-43(34)59/h5-11,13,15,19,23-27,34H,3-4,12,14,16-18,20-22H2,1-2H3,(H,49,58)(H,51,60)(H,52,57,59). The molecule has 6 aromatic rings. The Morgan fingerprint density at radius 2 is 1.69 bits per heavy atom. The number of aryl methyl sites for hydroxylation is 2. The normalized spacial score (nSPS) is 16.2. The molecule has 2 fully saturated rings. The fourth-order valence-corrected chi connectivity index (χ4v) is 8.44. The van der Waals surface area contributed by atoms with Crippen molar-refractivity contribution in [3.63, 3.8) is 0 Å². The van der Waals surface area contributed by atoms with Crippen molar-refractivity contribution in [1.29, 1.82) is 0 Å². The lowest BCUT2D eigenvalue weighted by Crippen LogP contribution is -2.39. The van der Waals surface area contributed by atoms with Crippen LogP contribution < -0.4 is 21.6 Å². The number of carbonyl (C=O) groups is 4. The Morgan fingerprint density at radius 3 is 2.39 bits per heavy atom. The summed E-state index contributed by atoms with van der Waals surface area (Å²) in [5.74, 6) is -3.37. The number of amides is 4. The summed E-state index contributed by atoms with van der Waals surface area (Å²) >= 11 is 0. The predicted molar refractivity (Wildman–Crippen MR) is 224 cm³/mol. The zero-order valence-electron chi connectivity index (χ0n) is 33.8. The number of nitrogens with one attached hydrogen (secondary N) is 3. The van der Waals surface area contributed by atoms with Crippen molar-refractivity contribution >= 4 is 40.2 Å². The van der Waals surface area contributed by atoms with Gasteiger partial charge in [-0.05, 0) is 123 Å². The van der Waals surface area contributed by atoms with Gasteiger partial charge in [-0.2, -0.15) is 5.10 Å². The van der Waals surface area contributed by atoms with Gasteiger partial charge in [0, 0.05) is 49.5 Å². The van der Waals surface area contributed by atoms with Gasteiger partial charge < -0.3 is 20.1 Å². The number of aromatic nitrogens is 5. The average Bonchev–Trinajstić information content (AvgIpc) is 3.81. The maximum atomic E-state index is 15.2. The largest absolute Gasteiger partial charge is 0.352 e. The van der Waals surface area contributed by atoms with Gasteiger partial charge in [0.2, 0.25) is 11.8 Å². The molecule has 1 unspecified atom stereocenters. The summed E-state index contributed by atoms with van der Waals surface area (Å²) in [6.07, 6.45) is 5.75. The molecule has 2 saturated heterocycles. The monoisotopic (exact) mass is 829 g/mol. The minimum atomic E-state index is -0.723. The van der Waals surface area contributed by atoms with E-state index >= 15 is 4.39 Å². The highest BCUT2D eigenvalue weighted by Crippen LogP contribution is 2.34. The third-order valence-electron chi connectivity index (χ3n) is 11.7. The smallest absolute Gasteiger partial charge is 0.350 e. The van der Waals surface area contributed by atoms with Gasteiger partial charge in [-0.3, -0.25) is 24.5 Å². The average molecular weight is 830 g/mol. The summed E-state index contributed by atoms with van der Waals surface area (Å²) in [6, 6.07) is 20.1. The second-order valence-electron chi connectivity index (χ2n) is 15.5. The van der Waals surface area contributed by atoms with Gasteiger partial charge >= 0.3 is 5.69 Å². The van der Waals surface area contributed by atoms with E-state index in [2.05, 4.69) is 30.9 Å². The van der Waals surface area contributed by atoms with E-state index in [0.29, 0.717) is 54.8 Å². The van der Waals surface area contributed by atoms with Gasteiger partial charge in [0.05, 0.1) is 22.7 Å². The lowest BCUT2D eigenvalue weighted by atomic mass is 9.85. The lowest BCUT2D eigenvalue weighted by Gasteiger charge is -2.32. The molecule has 0 saturated carbocycles. The first kappa shape index (κ1) is 40.9. The Hall–Kier alpha value is -6.81. The minimum absolute atomic E-state index is 0.0396. The number of piperidine rings is 2. The number of fused-ring (bicyclic) bond motifs is 1. The van der Waals surface area contributed by atoms with Crippen LogP contribution in [0.2, 0.25) is 0 Å².